The Morgan fingerprint density at radius 2 is 1.77 bits per heavy atom. The maximum absolute atomic E-state index is 13.1. The summed E-state index contributed by atoms with van der Waals surface area (Å²) in [5.74, 6) is -3.40. The second kappa shape index (κ2) is 9.58. The van der Waals surface area contributed by atoms with Gasteiger partial charge in [-0.05, 0) is 42.2 Å². The molecule has 0 aromatic carbocycles. The third-order valence-electron chi connectivity index (χ3n) is 5.61. The monoisotopic (exact) mass is 470 g/mol. The van der Waals surface area contributed by atoms with Crippen molar-refractivity contribution >= 4 is 17.7 Å². The van der Waals surface area contributed by atoms with Gasteiger partial charge in [0.15, 0.2) is 0 Å². The molecule has 174 valence electrons. The summed E-state index contributed by atoms with van der Waals surface area (Å²) in [6.07, 6.45) is -4.34. The predicted molar refractivity (Wildman–Crippen MR) is 104 cm³/mol. The van der Waals surface area contributed by atoms with Crippen molar-refractivity contribution in [3.8, 4) is 0 Å². The maximum Gasteiger partial charge on any atom is 0.428 e. The summed E-state index contributed by atoms with van der Waals surface area (Å²) in [6, 6.07) is 0. The van der Waals surface area contributed by atoms with Crippen molar-refractivity contribution in [1.82, 2.24) is 10.6 Å². The van der Waals surface area contributed by atoms with Crippen molar-refractivity contribution in [2.75, 3.05) is 0 Å². The molecule has 2 aliphatic carbocycles. The van der Waals surface area contributed by atoms with Gasteiger partial charge in [0.05, 0.1) is 17.2 Å². The number of thioether (sulfide) groups is 1. The Kier molecular flexibility index (Phi) is 7.47. The smallest absolute Gasteiger partial charge is 0.370 e. The molecule has 0 fully saturated rings. The van der Waals surface area contributed by atoms with Crippen LogP contribution >= 0.6 is 11.8 Å². The van der Waals surface area contributed by atoms with Crippen molar-refractivity contribution in [3.05, 3.63) is 34.4 Å². The molecule has 3 aliphatic rings. The van der Waals surface area contributed by atoms with Crippen molar-refractivity contribution in [1.29, 1.82) is 0 Å². The Hall–Kier alpha value is -1.46. The van der Waals surface area contributed by atoms with Crippen LogP contribution in [0.5, 0.6) is 0 Å². The lowest BCUT2D eigenvalue weighted by Crippen LogP contribution is -2.50. The molecular weight excluding hydrogens is 446 g/mol. The van der Waals surface area contributed by atoms with E-state index in [9.17, 15) is 36.2 Å². The second-order valence-electron chi connectivity index (χ2n) is 7.91. The molecule has 0 radical (unpaired) electrons. The molecule has 0 saturated carbocycles. The summed E-state index contributed by atoms with van der Waals surface area (Å²) in [6.45, 7) is 0. The first kappa shape index (κ1) is 24.2. The number of allylic oxidation sites excluding steroid dienone is 5. The number of hydrogen-bond acceptors (Lipinski definition) is 4. The minimum atomic E-state index is -4.91. The van der Waals surface area contributed by atoms with Crippen LogP contribution in [-0.4, -0.2) is 35.0 Å². The van der Waals surface area contributed by atoms with E-state index >= 15 is 0 Å². The van der Waals surface area contributed by atoms with Gasteiger partial charge < -0.3 is 10.4 Å². The Bertz CT molecular complexity index is 775. The largest absolute Gasteiger partial charge is 0.428 e. The molecule has 0 bridgehead atoms. The molecule has 31 heavy (non-hydrogen) atoms. The molecule has 0 spiro atoms. The average Bonchev–Trinajstić information content (AvgIpc) is 2.96. The topological polar surface area (TPSA) is 61.4 Å². The standard InChI is InChI=1S/C20H24F6N2O2S/c21-19(22,23)11-6-5-7-12(10-11)27-16(29)15-13-8-3-1-2-4-9-14(13)31-17(15)28-18(30)20(24,25)26/h5-7,11,15,17-18,28,30H,1-4,8-10H2,(H,27,29). The number of amides is 1. The fourth-order valence-corrected chi connectivity index (χ4v) is 5.60. The van der Waals surface area contributed by atoms with Crippen LogP contribution in [0.3, 0.4) is 0 Å². The first-order valence-electron chi connectivity index (χ1n) is 10.1. The van der Waals surface area contributed by atoms with Gasteiger partial charge in [-0.25, -0.2) is 0 Å². The summed E-state index contributed by atoms with van der Waals surface area (Å²) in [5, 5.41) is 13.0. The van der Waals surface area contributed by atoms with E-state index in [1.165, 1.54) is 12.2 Å². The number of carbonyl (C=O) groups excluding carboxylic acids is 1. The minimum absolute atomic E-state index is 0.0647. The van der Waals surface area contributed by atoms with E-state index in [0.29, 0.717) is 18.4 Å². The van der Waals surface area contributed by atoms with Gasteiger partial charge >= 0.3 is 12.4 Å². The molecule has 1 heterocycles. The van der Waals surface area contributed by atoms with Gasteiger partial charge in [0.1, 0.15) is 0 Å². The van der Waals surface area contributed by atoms with E-state index < -0.39 is 48.1 Å². The summed E-state index contributed by atoms with van der Waals surface area (Å²) in [4.78, 5) is 13.9. The second-order valence-corrected chi connectivity index (χ2v) is 9.14. The molecule has 4 atom stereocenters. The number of aliphatic hydroxyl groups is 1. The van der Waals surface area contributed by atoms with Gasteiger partial charge in [0.25, 0.3) is 0 Å². The molecule has 1 amide bonds. The number of aliphatic hydroxyl groups excluding tert-OH is 1. The highest BCUT2D eigenvalue weighted by atomic mass is 32.2. The zero-order valence-electron chi connectivity index (χ0n) is 16.5. The lowest BCUT2D eigenvalue weighted by molar-refractivity contribution is -0.214. The first-order valence-corrected chi connectivity index (χ1v) is 11.0. The van der Waals surface area contributed by atoms with E-state index in [4.69, 9.17) is 0 Å². The van der Waals surface area contributed by atoms with E-state index in [-0.39, 0.29) is 5.70 Å². The molecule has 11 heteroatoms. The normalized spacial score (nSPS) is 28.5. The van der Waals surface area contributed by atoms with Gasteiger partial charge in [-0.3, -0.25) is 10.1 Å². The Balaban J connectivity index is 1.79. The summed E-state index contributed by atoms with van der Waals surface area (Å²) in [7, 11) is 0. The van der Waals surface area contributed by atoms with Gasteiger partial charge in [0, 0.05) is 12.1 Å². The van der Waals surface area contributed by atoms with Crippen molar-refractivity contribution in [3.63, 3.8) is 0 Å². The molecule has 0 aromatic heterocycles. The van der Waals surface area contributed by atoms with Gasteiger partial charge in [-0.1, -0.05) is 25.0 Å². The van der Waals surface area contributed by atoms with Crippen molar-refractivity contribution < 1.29 is 36.2 Å². The highest BCUT2D eigenvalue weighted by Crippen LogP contribution is 2.47. The van der Waals surface area contributed by atoms with Crippen LogP contribution in [-0.2, 0) is 4.79 Å². The number of nitrogens with one attached hydrogen (secondary N) is 2. The molecule has 4 unspecified atom stereocenters. The van der Waals surface area contributed by atoms with Gasteiger partial charge in [0.2, 0.25) is 12.1 Å². The lowest BCUT2D eigenvalue weighted by atomic mass is 9.89. The average molecular weight is 470 g/mol. The van der Waals surface area contributed by atoms with Crippen molar-refractivity contribution in [2.45, 2.75) is 68.9 Å². The number of rotatable bonds is 4. The highest BCUT2D eigenvalue weighted by Gasteiger charge is 2.46. The van der Waals surface area contributed by atoms with E-state index in [1.54, 1.807) is 0 Å². The van der Waals surface area contributed by atoms with Gasteiger partial charge in [-0.2, -0.15) is 26.3 Å². The Morgan fingerprint density at radius 3 is 2.42 bits per heavy atom. The number of carbonyl (C=O) groups is 1. The third kappa shape index (κ3) is 6.07. The fourth-order valence-electron chi connectivity index (χ4n) is 4.03. The molecule has 1 aliphatic heterocycles. The summed E-state index contributed by atoms with van der Waals surface area (Å²) < 4.78 is 77.8. The van der Waals surface area contributed by atoms with E-state index in [0.717, 1.165) is 48.4 Å². The van der Waals surface area contributed by atoms with Crippen LogP contribution in [0, 0.1) is 11.8 Å². The molecule has 0 aromatic rings. The Labute approximate surface area is 180 Å². The summed E-state index contributed by atoms with van der Waals surface area (Å²) in [5.41, 5.74) is 0.781. The van der Waals surface area contributed by atoms with Gasteiger partial charge in [-0.15, -0.1) is 11.8 Å². The van der Waals surface area contributed by atoms with Crippen LogP contribution < -0.4 is 10.6 Å². The van der Waals surface area contributed by atoms with E-state index in [2.05, 4.69) is 10.6 Å². The zero-order valence-corrected chi connectivity index (χ0v) is 17.3. The summed E-state index contributed by atoms with van der Waals surface area (Å²) >= 11 is 1.10. The minimum Gasteiger partial charge on any atom is -0.370 e. The molecular formula is C20H24F6N2O2S. The van der Waals surface area contributed by atoms with Crippen LogP contribution in [0.25, 0.3) is 0 Å². The Morgan fingerprint density at radius 1 is 1.10 bits per heavy atom. The predicted octanol–water partition coefficient (Wildman–Crippen LogP) is 4.89. The number of hydrogen-bond donors (Lipinski definition) is 3. The first-order chi connectivity index (χ1) is 14.5. The van der Waals surface area contributed by atoms with Crippen LogP contribution in [0.15, 0.2) is 34.4 Å². The van der Waals surface area contributed by atoms with Crippen LogP contribution in [0.4, 0.5) is 26.3 Å². The molecule has 0 saturated heterocycles. The van der Waals surface area contributed by atoms with Crippen LogP contribution in [0.2, 0.25) is 0 Å². The highest BCUT2D eigenvalue weighted by molar-refractivity contribution is 8.04. The molecule has 3 rings (SSSR count). The quantitative estimate of drug-likeness (QED) is 0.404. The third-order valence-corrected chi connectivity index (χ3v) is 7.02. The van der Waals surface area contributed by atoms with E-state index in [1.807, 2.05) is 0 Å². The molecule has 3 N–H and O–H groups in total. The molecule has 4 nitrogen and oxygen atoms in total. The number of alkyl halides is 6. The zero-order chi connectivity index (χ0) is 22.8. The van der Waals surface area contributed by atoms with Crippen molar-refractivity contribution in [2.24, 2.45) is 11.8 Å². The SMILES string of the molecule is O=C(NC1=CC=CC(C(F)(F)F)C1)C1C2=C(CCCCCC2)SC1NC(O)C(F)(F)F. The lowest BCUT2D eigenvalue weighted by Gasteiger charge is -2.27. The van der Waals surface area contributed by atoms with Crippen LogP contribution in [0.1, 0.15) is 44.9 Å². The maximum atomic E-state index is 13.1. The number of halogens is 6. The fraction of sp³-hybridized carbons (Fsp3) is 0.650.